The number of fused-ring (bicyclic) bond motifs is 1. The van der Waals surface area contributed by atoms with Gasteiger partial charge in [0.25, 0.3) is 10.0 Å². The zero-order valence-corrected chi connectivity index (χ0v) is 14.5. The molecule has 7 heteroatoms. The molecule has 0 aliphatic carbocycles. The van der Waals surface area contributed by atoms with Crippen molar-refractivity contribution < 1.29 is 8.42 Å². The Morgan fingerprint density at radius 2 is 2.04 bits per heavy atom. The molecule has 0 aliphatic rings. The van der Waals surface area contributed by atoms with Crippen LogP contribution in [0.5, 0.6) is 0 Å². The molecule has 0 saturated carbocycles. The lowest BCUT2D eigenvalue weighted by atomic mass is 10.1. The summed E-state index contributed by atoms with van der Waals surface area (Å²) >= 11 is 3.43. The van der Waals surface area contributed by atoms with Crippen LogP contribution in [0.3, 0.4) is 0 Å². The molecular weight excluding hydrogens is 378 g/mol. The molecule has 0 saturated heterocycles. The zero-order valence-electron chi connectivity index (χ0n) is 12.1. The number of nitrogens with zero attached hydrogens (tertiary/aromatic N) is 1. The number of aromatic nitrogens is 1. The number of H-pyrrole nitrogens is 1. The first-order chi connectivity index (χ1) is 10.9. The van der Waals surface area contributed by atoms with Crippen LogP contribution in [0.4, 0.5) is 5.69 Å². The van der Waals surface area contributed by atoms with E-state index in [1.54, 1.807) is 24.4 Å². The van der Waals surface area contributed by atoms with Crippen molar-refractivity contribution in [2.24, 2.45) is 0 Å². The molecule has 0 spiro atoms. The number of sulfonamides is 1. The Morgan fingerprint density at radius 3 is 2.78 bits per heavy atom. The van der Waals surface area contributed by atoms with Crippen LogP contribution < -0.4 is 4.72 Å². The van der Waals surface area contributed by atoms with Gasteiger partial charge in [-0.05, 0) is 58.7 Å². The van der Waals surface area contributed by atoms with E-state index >= 15 is 0 Å². The van der Waals surface area contributed by atoms with E-state index in [0.29, 0.717) is 16.8 Å². The van der Waals surface area contributed by atoms with Gasteiger partial charge in [0.1, 0.15) is 0 Å². The number of hydrogen-bond acceptors (Lipinski definition) is 3. The van der Waals surface area contributed by atoms with Gasteiger partial charge in [0, 0.05) is 16.1 Å². The summed E-state index contributed by atoms with van der Waals surface area (Å²) in [5.74, 6) is 0. The van der Waals surface area contributed by atoms with Gasteiger partial charge in [0.15, 0.2) is 0 Å². The Hall–Kier alpha value is -2.30. The van der Waals surface area contributed by atoms with Gasteiger partial charge >= 0.3 is 0 Å². The van der Waals surface area contributed by atoms with Gasteiger partial charge in [-0.25, -0.2) is 8.42 Å². The van der Waals surface area contributed by atoms with E-state index in [1.165, 1.54) is 12.1 Å². The summed E-state index contributed by atoms with van der Waals surface area (Å²) in [6.45, 7) is 1.90. The van der Waals surface area contributed by atoms with Crippen molar-refractivity contribution in [3.63, 3.8) is 0 Å². The molecule has 3 rings (SSSR count). The number of aromatic amines is 1. The minimum Gasteiger partial charge on any atom is -0.358 e. The number of nitriles is 1. The third-order valence-corrected chi connectivity index (χ3v) is 5.42. The lowest BCUT2D eigenvalue weighted by Crippen LogP contribution is -2.13. The fraction of sp³-hybridized carbons (Fsp3) is 0.0625. The van der Waals surface area contributed by atoms with Crippen LogP contribution in [-0.2, 0) is 10.0 Å². The summed E-state index contributed by atoms with van der Waals surface area (Å²) in [7, 11) is -3.78. The number of hydrogen-bond donors (Lipinski definition) is 2. The smallest absolute Gasteiger partial charge is 0.262 e. The summed E-state index contributed by atoms with van der Waals surface area (Å²) in [5, 5.41) is 9.82. The molecule has 2 aromatic carbocycles. The molecule has 0 unspecified atom stereocenters. The van der Waals surface area contributed by atoms with Crippen LogP contribution in [0.25, 0.3) is 10.9 Å². The van der Waals surface area contributed by atoms with E-state index in [4.69, 9.17) is 5.26 Å². The van der Waals surface area contributed by atoms with E-state index in [0.717, 1.165) is 15.4 Å². The van der Waals surface area contributed by atoms with Crippen LogP contribution in [0.2, 0.25) is 0 Å². The van der Waals surface area contributed by atoms with Gasteiger partial charge in [0.2, 0.25) is 0 Å². The number of nitrogens with one attached hydrogen (secondary N) is 2. The lowest BCUT2D eigenvalue weighted by molar-refractivity contribution is 0.601. The van der Waals surface area contributed by atoms with E-state index in [2.05, 4.69) is 25.6 Å². The van der Waals surface area contributed by atoms with Gasteiger partial charge in [-0.2, -0.15) is 5.26 Å². The molecule has 0 radical (unpaired) electrons. The zero-order chi connectivity index (χ0) is 16.6. The van der Waals surface area contributed by atoms with Crippen LogP contribution in [0, 0.1) is 18.3 Å². The molecular formula is C16H12BrN3O2S. The van der Waals surface area contributed by atoms with Crippen molar-refractivity contribution in [2.45, 2.75) is 11.8 Å². The lowest BCUT2D eigenvalue weighted by Gasteiger charge is -2.10. The van der Waals surface area contributed by atoms with Gasteiger partial charge in [-0.15, -0.1) is 0 Å². The van der Waals surface area contributed by atoms with Crippen molar-refractivity contribution in [3.05, 3.63) is 58.2 Å². The average molecular weight is 390 g/mol. The molecule has 23 heavy (non-hydrogen) atoms. The highest BCUT2D eigenvalue weighted by atomic mass is 79.9. The Kier molecular flexibility index (Phi) is 3.88. The van der Waals surface area contributed by atoms with Crippen LogP contribution >= 0.6 is 15.9 Å². The van der Waals surface area contributed by atoms with Crippen molar-refractivity contribution in [1.29, 1.82) is 5.26 Å². The highest BCUT2D eigenvalue weighted by molar-refractivity contribution is 9.10. The van der Waals surface area contributed by atoms with Crippen molar-refractivity contribution >= 4 is 42.5 Å². The predicted octanol–water partition coefficient (Wildman–Crippen LogP) is 3.91. The molecule has 1 aromatic heterocycles. The maximum absolute atomic E-state index is 12.6. The molecule has 1 heterocycles. The topological polar surface area (TPSA) is 85.8 Å². The van der Waals surface area contributed by atoms with Gasteiger partial charge in [-0.1, -0.05) is 6.07 Å². The van der Waals surface area contributed by atoms with Crippen molar-refractivity contribution in [2.75, 3.05) is 4.72 Å². The summed E-state index contributed by atoms with van der Waals surface area (Å²) in [6.07, 6.45) is 1.76. The molecule has 0 bridgehead atoms. The molecule has 0 atom stereocenters. The molecule has 5 nitrogen and oxygen atoms in total. The number of halogens is 1. The van der Waals surface area contributed by atoms with Gasteiger partial charge in [-0.3, -0.25) is 4.72 Å². The molecule has 2 N–H and O–H groups in total. The van der Waals surface area contributed by atoms with E-state index < -0.39 is 10.0 Å². The maximum Gasteiger partial charge on any atom is 0.262 e. The quantitative estimate of drug-likeness (QED) is 0.711. The van der Waals surface area contributed by atoms with E-state index in [-0.39, 0.29) is 4.90 Å². The SMILES string of the molecule is Cc1cc(NS(=O)(=O)c2cccc(C#N)c2)c2[nH]cc(Br)c2c1. The first kappa shape index (κ1) is 15.6. The molecule has 0 amide bonds. The van der Waals surface area contributed by atoms with Crippen LogP contribution in [-0.4, -0.2) is 13.4 Å². The largest absolute Gasteiger partial charge is 0.358 e. The second-order valence-electron chi connectivity index (χ2n) is 5.12. The second kappa shape index (κ2) is 5.72. The Bertz CT molecular complexity index is 1050. The minimum absolute atomic E-state index is 0.0526. The van der Waals surface area contributed by atoms with Crippen LogP contribution in [0.15, 0.2) is 52.0 Å². The highest BCUT2D eigenvalue weighted by Crippen LogP contribution is 2.31. The molecule has 116 valence electrons. The summed E-state index contributed by atoms with van der Waals surface area (Å²) in [6, 6.07) is 11.6. The second-order valence-corrected chi connectivity index (χ2v) is 7.65. The maximum atomic E-state index is 12.6. The molecule has 0 fully saturated rings. The Labute approximate surface area is 142 Å². The third-order valence-electron chi connectivity index (χ3n) is 3.40. The average Bonchev–Trinajstić information content (AvgIpc) is 2.88. The van der Waals surface area contributed by atoms with Crippen LogP contribution in [0.1, 0.15) is 11.1 Å². The van der Waals surface area contributed by atoms with Gasteiger partial charge < -0.3 is 4.98 Å². The van der Waals surface area contributed by atoms with E-state index in [9.17, 15) is 8.42 Å². The molecule has 0 aliphatic heterocycles. The fourth-order valence-corrected chi connectivity index (χ4v) is 3.90. The van der Waals surface area contributed by atoms with Crippen molar-refractivity contribution in [3.8, 4) is 6.07 Å². The first-order valence-electron chi connectivity index (χ1n) is 6.71. The minimum atomic E-state index is -3.78. The normalized spacial score (nSPS) is 11.3. The van der Waals surface area contributed by atoms with Crippen molar-refractivity contribution in [1.82, 2.24) is 4.98 Å². The summed E-state index contributed by atoms with van der Waals surface area (Å²) in [5.41, 5.74) is 2.39. The Balaban J connectivity index is 2.09. The third kappa shape index (κ3) is 2.96. The highest BCUT2D eigenvalue weighted by Gasteiger charge is 2.17. The summed E-state index contributed by atoms with van der Waals surface area (Å²) in [4.78, 5) is 3.11. The van der Waals surface area contributed by atoms with Gasteiger partial charge in [0.05, 0.1) is 27.7 Å². The number of benzene rings is 2. The Morgan fingerprint density at radius 1 is 1.26 bits per heavy atom. The predicted molar refractivity (Wildman–Crippen MR) is 92.7 cm³/mol. The number of rotatable bonds is 3. The first-order valence-corrected chi connectivity index (χ1v) is 8.98. The fourth-order valence-electron chi connectivity index (χ4n) is 2.36. The standard InChI is InChI=1S/C16H12BrN3O2S/c1-10-5-13-14(17)9-19-16(13)15(6-10)20-23(21,22)12-4-2-3-11(7-12)8-18/h2-7,9,19-20H,1H3. The number of aryl methyl sites for hydroxylation is 1. The monoisotopic (exact) mass is 389 g/mol. The summed E-state index contributed by atoms with van der Waals surface area (Å²) < 4.78 is 28.6. The molecule has 3 aromatic rings. The van der Waals surface area contributed by atoms with E-state index in [1.807, 2.05) is 19.1 Å². The number of anilines is 1.